The average molecular weight is 353 g/mol. The third-order valence-electron chi connectivity index (χ3n) is 4.39. The fraction of sp³-hybridized carbons (Fsp3) is 0.429. The van der Waals surface area contributed by atoms with E-state index in [1.165, 1.54) is 17.6 Å². The number of carbonyl (C=O) groups is 1. The lowest BCUT2D eigenvalue weighted by Crippen LogP contribution is -2.23. The molecule has 5 nitrogen and oxygen atoms in total. The van der Waals surface area contributed by atoms with Crippen molar-refractivity contribution in [2.45, 2.75) is 46.1 Å². The quantitative estimate of drug-likeness (QED) is 0.579. The highest BCUT2D eigenvalue weighted by Gasteiger charge is 2.11. The standard InChI is InChI=1S/C21H27N3O2/c1-16(2)15-24-18-10-6-5-9-17(18)23-20(24)12-4-3-7-13-22-21(25)19-11-8-14-26-19/h5-6,8-11,14,16H,3-4,7,12-13,15H2,1-2H3,(H,22,25). The first kappa shape index (κ1) is 18.2. The number of nitrogens with one attached hydrogen (secondary N) is 1. The van der Waals surface area contributed by atoms with Crippen LogP contribution in [0.3, 0.4) is 0 Å². The Hall–Kier alpha value is -2.56. The number of benzene rings is 1. The zero-order chi connectivity index (χ0) is 18.4. The van der Waals surface area contributed by atoms with Gasteiger partial charge in [0.15, 0.2) is 5.76 Å². The number of hydrogen-bond donors (Lipinski definition) is 1. The summed E-state index contributed by atoms with van der Waals surface area (Å²) < 4.78 is 7.44. The van der Waals surface area contributed by atoms with Gasteiger partial charge in [-0.3, -0.25) is 4.79 Å². The number of amides is 1. The highest BCUT2D eigenvalue weighted by molar-refractivity contribution is 5.91. The van der Waals surface area contributed by atoms with Gasteiger partial charge in [0.1, 0.15) is 5.82 Å². The molecular weight excluding hydrogens is 326 g/mol. The van der Waals surface area contributed by atoms with Gasteiger partial charge in [0.25, 0.3) is 5.91 Å². The molecule has 3 aromatic rings. The van der Waals surface area contributed by atoms with E-state index < -0.39 is 0 Å². The van der Waals surface area contributed by atoms with Crippen molar-refractivity contribution in [2.24, 2.45) is 5.92 Å². The molecule has 5 heteroatoms. The number of fused-ring (bicyclic) bond motifs is 1. The summed E-state index contributed by atoms with van der Waals surface area (Å²) in [7, 11) is 0. The van der Waals surface area contributed by atoms with E-state index in [1.807, 2.05) is 6.07 Å². The van der Waals surface area contributed by atoms with Crippen molar-refractivity contribution in [3.8, 4) is 0 Å². The molecule has 0 aliphatic carbocycles. The predicted molar refractivity (Wildman–Crippen MR) is 103 cm³/mol. The second-order valence-electron chi connectivity index (χ2n) is 7.07. The van der Waals surface area contributed by atoms with Gasteiger partial charge in [-0.15, -0.1) is 0 Å². The number of carbonyl (C=O) groups excluding carboxylic acids is 1. The van der Waals surface area contributed by atoms with Gasteiger partial charge >= 0.3 is 0 Å². The molecule has 0 radical (unpaired) electrons. The molecule has 0 atom stereocenters. The minimum absolute atomic E-state index is 0.145. The molecule has 0 aliphatic rings. The van der Waals surface area contributed by atoms with Crippen molar-refractivity contribution in [3.63, 3.8) is 0 Å². The van der Waals surface area contributed by atoms with Gasteiger partial charge in [0.2, 0.25) is 0 Å². The van der Waals surface area contributed by atoms with Crippen LogP contribution in [0.2, 0.25) is 0 Å². The normalized spacial score (nSPS) is 11.3. The van der Waals surface area contributed by atoms with E-state index >= 15 is 0 Å². The number of aromatic nitrogens is 2. The van der Waals surface area contributed by atoms with Gasteiger partial charge in [-0.05, 0) is 43.0 Å². The van der Waals surface area contributed by atoms with Gasteiger partial charge in [-0.2, -0.15) is 0 Å². The molecule has 1 N–H and O–H groups in total. The predicted octanol–water partition coefficient (Wildman–Crippen LogP) is 4.43. The molecule has 0 spiro atoms. The second kappa shape index (κ2) is 8.70. The van der Waals surface area contributed by atoms with Crippen LogP contribution in [0.1, 0.15) is 49.5 Å². The Bertz CT molecular complexity index is 834. The first-order chi connectivity index (χ1) is 12.6. The van der Waals surface area contributed by atoms with Crippen LogP contribution in [-0.4, -0.2) is 22.0 Å². The van der Waals surface area contributed by atoms with Crippen molar-refractivity contribution in [1.29, 1.82) is 0 Å². The van der Waals surface area contributed by atoms with Crippen LogP contribution < -0.4 is 5.32 Å². The summed E-state index contributed by atoms with van der Waals surface area (Å²) in [6.45, 7) is 6.14. The number of unbranched alkanes of at least 4 members (excludes halogenated alkanes) is 2. The molecule has 1 aromatic carbocycles. The number of rotatable bonds is 9. The fourth-order valence-corrected chi connectivity index (χ4v) is 3.17. The van der Waals surface area contributed by atoms with Crippen LogP contribution in [0.4, 0.5) is 0 Å². The van der Waals surface area contributed by atoms with Crippen LogP contribution >= 0.6 is 0 Å². The van der Waals surface area contributed by atoms with E-state index in [0.29, 0.717) is 18.2 Å². The molecule has 0 saturated carbocycles. The molecule has 0 aliphatic heterocycles. The first-order valence-corrected chi connectivity index (χ1v) is 9.41. The maximum atomic E-state index is 11.8. The summed E-state index contributed by atoms with van der Waals surface area (Å²) in [6, 6.07) is 11.7. The molecule has 2 aromatic heterocycles. The minimum atomic E-state index is -0.145. The SMILES string of the molecule is CC(C)Cn1c(CCCCCNC(=O)c2ccco2)nc2ccccc21. The Morgan fingerprint density at radius 1 is 1.15 bits per heavy atom. The van der Waals surface area contributed by atoms with Gasteiger partial charge in [0.05, 0.1) is 17.3 Å². The first-order valence-electron chi connectivity index (χ1n) is 9.41. The van der Waals surface area contributed by atoms with E-state index in [0.717, 1.165) is 37.7 Å². The molecule has 3 rings (SSSR count). The summed E-state index contributed by atoms with van der Waals surface area (Å²) in [5.74, 6) is 1.98. The zero-order valence-electron chi connectivity index (χ0n) is 15.6. The monoisotopic (exact) mass is 353 g/mol. The average Bonchev–Trinajstić information content (AvgIpc) is 3.26. The fourth-order valence-electron chi connectivity index (χ4n) is 3.17. The molecule has 0 unspecified atom stereocenters. The van der Waals surface area contributed by atoms with Gasteiger partial charge in [0, 0.05) is 19.5 Å². The van der Waals surface area contributed by atoms with Crippen LogP contribution in [0, 0.1) is 5.92 Å². The highest BCUT2D eigenvalue weighted by Crippen LogP contribution is 2.19. The van der Waals surface area contributed by atoms with Crippen LogP contribution in [0.15, 0.2) is 47.1 Å². The van der Waals surface area contributed by atoms with E-state index in [9.17, 15) is 4.79 Å². The third kappa shape index (κ3) is 4.54. The van der Waals surface area contributed by atoms with E-state index in [4.69, 9.17) is 9.40 Å². The summed E-state index contributed by atoms with van der Waals surface area (Å²) in [5.41, 5.74) is 2.30. The van der Waals surface area contributed by atoms with Crippen molar-refractivity contribution in [1.82, 2.24) is 14.9 Å². The Morgan fingerprint density at radius 2 is 2.00 bits per heavy atom. The lowest BCUT2D eigenvalue weighted by atomic mass is 10.1. The van der Waals surface area contributed by atoms with E-state index in [1.54, 1.807) is 12.1 Å². The molecule has 0 fully saturated rings. The molecule has 138 valence electrons. The Morgan fingerprint density at radius 3 is 2.77 bits per heavy atom. The topological polar surface area (TPSA) is 60.1 Å². The van der Waals surface area contributed by atoms with Crippen molar-refractivity contribution in [2.75, 3.05) is 6.54 Å². The van der Waals surface area contributed by atoms with Gasteiger partial charge in [-0.25, -0.2) is 4.98 Å². The molecule has 2 heterocycles. The van der Waals surface area contributed by atoms with Crippen molar-refractivity contribution in [3.05, 3.63) is 54.2 Å². The summed E-state index contributed by atoms with van der Waals surface area (Å²) in [6.07, 6.45) is 5.56. The Balaban J connectivity index is 1.48. The van der Waals surface area contributed by atoms with Crippen LogP contribution in [0.5, 0.6) is 0 Å². The highest BCUT2D eigenvalue weighted by atomic mass is 16.3. The summed E-state index contributed by atoms with van der Waals surface area (Å²) >= 11 is 0. The van der Waals surface area contributed by atoms with Gasteiger partial charge < -0.3 is 14.3 Å². The lowest BCUT2D eigenvalue weighted by Gasteiger charge is -2.11. The number of nitrogens with zero attached hydrogens (tertiary/aromatic N) is 2. The lowest BCUT2D eigenvalue weighted by molar-refractivity contribution is 0.0925. The zero-order valence-corrected chi connectivity index (χ0v) is 15.6. The largest absolute Gasteiger partial charge is 0.459 e. The molecule has 0 bridgehead atoms. The van der Waals surface area contributed by atoms with Crippen LogP contribution in [-0.2, 0) is 13.0 Å². The maximum Gasteiger partial charge on any atom is 0.286 e. The van der Waals surface area contributed by atoms with Gasteiger partial charge in [-0.1, -0.05) is 32.4 Å². The summed E-state index contributed by atoms with van der Waals surface area (Å²) in [4.78, 5) is 16.6. The summed E-state index contributed by atoms with van der Waals surface area (Å²) in [5, 5.41) is 2.89. The number of para-hydroxylation sites is 2. The van der Waals surface area contributed by atoms with Crippen molar-refractivity contribution < 1.29 is 9.21 Å². The van der Waals surface area contributed by atoms with E-state index in [-0.39, 0.29) is 5.91 Å². The third-order valence-corrected chi connectivity index (χ3v) is 4.39. The smallest absolute Gasteiger partial charge is 0.286 e. The molecule has 1 amide bonds. The Labute approximate surface area is 154 Å². The second-order valence-corrected chi connectivity index (χ2v) is 7.07. The molecule has 0 saturated heterocycles. The number of aryl methyl sites for hydroxylation is 1. The van der Waals surface area contributed by atoms with Crippen LogP contribution in [0.25, 0.3) is 11.0 Å². The molecular formula is C21H27N3O2. The minimum Gasteiger partial charge on any atom is -0.459 e. The van der Waals surface area contributed by atoms with Crippen molar-refractivity contribution >= 4 is 16.9 Å². The number of hydrogen-bond acceptors (Lipinski definition) is 3. The Kier molecular flexibility index (Phi) is 6.10. The number of imidazole rings is 1. The number of furan rings is 1. The maximum absolute atomic E-state index is 11.8. The van der Waals surface area contributed by atoms with E-state index in [2.05, 4.69) is 41.9 Å². The molecule has 26 heavy (non-hydrogen) atoms.